The van der Waals surface area contributed by atoms with Gasteiger partial charge >= 0.3 is 0 Å². The Balaban J connectivity index is 2.30. The maximum atomic E-state index is 5.51. The molecule has 0 amide bonds. The summed E-state index contributed by atoms with van der Waals surface area (Å²) in [5, 5.41) is 3.41. The van der Waals surface area contributed by atoms with Gasteiger partial charge in [0.2, 0.25) is 0 Å². The quantitative estimate of drug-likeness (QED) is 0.808. The molecule has 0 saturated carbocycles. The lowest BCUT2D eigenvalue weighted by atomic mass is 9.82. The van der Waals surface area contributed by atoms with Crippen molar-refractivity contribution in [1.29, 1.82) is 0 Å². The Morgan fingerprint density at radius 2 is 1.94 bits per heavy atom. The number of rotatable bonds is 5. The smallest absolute Gasteiger partial charge is 0.118 e. The van der Waals surface area contributed by atoms with E-state index in [0.717, 1.165) is 24.6 Å². The fourth-order valence-corrected chi connectivity index (χ4v) is 1.35. The predicted molar refractivity (Wildman–Crippen MR) is 66.9 cm³/mol. The lowest BCUT2D eigenvalue weighted by Crippen LogP contribution is -2.29. The summed E-state index contributed by atoms with van der Waals surface area (Å²) >= 11 is 0. The van der Waals surface area contributed by atoms with Crippen LogP contribution in [0.1, 0.15) is 39.2 Å². The SMILES string of the molecule is CC(CNCc1ccc(CN)o1)C(C)(C)C. The summed E-state index contributed by atoms with van der Waals surface area (Å²) in [6.07, 6.45) is 0. The molecule has 1 heterocycles. The van der Waals surface area contributed by atoms with Crippen LogP contribution >= 0.6 is 0 Å². The molecule has 0 aromatic carbocycles. The van der Waals surface area contributed by atoms with Crippen LogP contribution in [0.25, 0.3) is 0 Å². The van der Waals surface area contributed by atoms with Gasteiger partial charge in [0.15, 0.2) is 0 Å². The third-order valence-corrected chi connectivity index (χ3v) is 3.15. The first-order valence-electron chi connectivity index (χ1n) is 5.92. The number of nitrogens with one attached hydrogen (secondary N) is 1. The van der Waals surface area contributed by atoms with E-state index in [9.17, 15) is 0 Å². The van der Waals surface area contributed by atoms with Gasteiger partial charge in [-0.25, -0.2) is 0 Å². The highest BCUT2D eigenvalue weighted by atomic mass is 16.3. The Morgan fingerprint density at radius 3 is 2.44 bits per heavy atom. The van der Waals surface area contributed by atoms with Crippen LogP contribution in [-0.2, 0) is 13.1 Å². The molecule has 0 bridgehead atoms. The second-order valence-corrected chi connectivity index (χ2v) is 5.47. The molecule has 0 fully saturated rings. The number of hydrogen-bond acceptors (Lipinski definition) is 3. The summed E-state index contributed by atoms with van der Waals surface area (Å²) in [7, 11) is 0. The van der Waals surface area contributed by atoms with Crippen LogP contribution in [-0.4, -0.2) is 6.54 Å². The average Bonchev–Trinajstić information content (AvgIpc) is 2.64. The van der Waals surface area contributed by atoms with E-state index >= 15 is 0 Å². The van der Waals surface area contributed by atoms with Crippen LogP contribution in [0.3, 0.4) is 0 Å². The molecule has 3 nitrogen and oxygen atoms in total. The maximum absolute atomic E-state index is 5.51. The monoisotopic (exact) mass is 224 g/mol. The maximum Gasteiger partial charge on any atom is 0.118 e. The molecular formula is C13H24N2O. The van der Waals surface area contributed by atoms with Gasteiger partial charge in [0.25, 0.3) is 0 Å². The normalized spacial score (nSPS) is 14.1. The summed E-state index contributed by atoms with van der Waals surface area (Å²) in [4.78, 5) is 0. The molecule has 0 saturated heterocycles. The Bertz CT molecular complexity index is 312. The summed E-state index contributed by atoms with van der Waals surface area (Å²) in [6.45, 7) is 11.3. The van der Waals surface area contributed by atoms with Crippen LogP contribution < -0.4 is 11.1 Å². The molecular weight excluding hydrogens is 200 g/mol. The summed E-state index contributed by atoms with van der Waals surface area (Å²) in [6, 6.07) is 3.92. The largest absolute Gasteiger partial charge is 0.463 e. The van der Waals surface area contributed by atoms with Crippen LogP contribution in [0.4, 0.5) is 0 Å². The third-order valence-electron chi connectivity index (χ3n) is 3.15. The second-order valence-electron chi connectivity index (χ2n) is 5.47. The van der Waals surface area contributed by atoms with Gasteiger partial charge in [-0.15, -0.1) is 0 Å². The van der Waals surface area contributed by atoms with Crippen molar-refractivity contribution in [2.24, 2.45) is 17.1 Å². The van der Waals surface area contributed by atoms with E-state index in [0.29, 0.717) is 17.9 Å². The Hall–Kier alpha value is -0.800. The number of hydrogen-bond donors (Lipinski definition) is 2. The zero-order chi connectivity index (χ0) is 12.2. The average molecular weight is 224 g/mol. The molecule has 0 radical (unpaired) electrons. The zero-order valence-corrected chi connectivity index (χ0v) is 10.8. The van der Waals surface area contributed by atoms with Crippen molar-refractivity contribution in [2.75, 3.05) is 6.54 Å². The Labute approximate surface area is 98.4 Å². The lowest BCUT2D eigenvalue weighted by Gasteiger charge is -2.27. The first-order valence-corrected chi connectivity index (χ1v) is 5.92. The minimum atomic E-state index is 0.346. The summed E-state index contributed by atoms with van der Waals surface area (Å²) < 4.78 is 5.51. The highest BCUT2D eigenvalue weighted by Crippen LogP contribution is 2.24. The van der Waals surface area contributed by atoms with Gasteiger partial charge in [-0.2, -0.15) is 0 Å². The topological polar surface area (TPSA) is 51.2 Å². The van der Waals surface area contributed by atoms with E-state index in [-0.39, 0.29) is 0 Å². The van der Waals surface area contributed by atoms with Crippen molar-refractivity contribution >= 4 is 0 Å². The van der Waals surface area contributed by atoms with Crippen molar-refractivity contribution in [1.82, 2.24) is 5.32 Å². The molecule has 0 spiro atoms. The van der Waals surface area contributed by atoms with Crippen LogP contribution in [0.15, 0.2) is 16.5 Å². The van der Waals surface area contributed by atoms with Gasteiger partial charge in [0, 0.05) is 0 Å². The molecule has 92 valence electrons. The summed E-state index contributed by atoms with van der Waals surface area (Å²) in [5.41, 5.74) is 5.83. The Kier molecular flexibility index (Phi) is 4.56. The van der Waals surface area contributed by atoms with E-state index in [4.69, 9.17) is 10.2 Å². The van der Waals surface area contributed by atoms with Gasteiger partial charge in [-0.05, 0) is 30.0 Å². The van der Waals surface area contributed by atoms with Crippen molar-refractivity contribution in [2.45, 2.75) is 40.8 Å². The van der Waals surface area contributed by atoms with E-state index in [2.05, 4.69) is 33.0 Å². The predicted octanol–water partition coefficient (Wildman–Crippen LogP) is 2.51. The molecule has 0 aliphatic rings. The van der Waals surface area contributed by atoms with Crippen molar-refractivity contribution in [3.8, 4) is 0 Å². The standard InChI is InChI=1S/C13H24N2O/c1-10(13(2,3)4)8-15-9-12-6-5-11(7-14)16-12/h5-6,10,15H,7-9,14H2,1-4H3. The molecule has 1 unspecified atom stereocenters. The van der Waals surface area contributed by atoms with Crippen LogP contribution in [0.2, 0.25) is 0 Å². The molecule has 3 heteroatoms. The van der Waals surface area contributed by atoms with Crippen LogP contribution in [0, 0.1) is 11.3 Å². The lowest BCUT2D eigenvalue weighted by molar-refractivity contribution is 0.250. The third kappa shape index (κ3) is 3.99. The van der Waals surface area contributed by atoms with Gasteiger partial charge in [-0.1, -0.05) is 27.7 Å². The minimum absolute atomic E-state index is 0.346. The highest BCUT2D eigenvalue weighted by molar-refractivity contribution is 5.06. The molecule has 1 aromatic heterocycles. The van der Waals surface area contributed by atoms with Crippen molar-refractivity contribution in [3.05, 3.63) is 23.7 Å². The second kappa shape index (κ2) is 5.51. The molecule has 0 aliphatic heterocycles. The highest BCUT2D eigenvalue weighted by Gasteiger charge is 2.19. The van der Waals surface area contributed by atoms with Gasteiger partial charge in [0.05, 0.1) is 13.1 Å². The fraction of sp³-hybridized carbons (Fsp3) is 0.692. The Morgan fingerprint density at radius 1 is 1.31 bits per heavy atom. The number of nitrogens with two attached hydrogens (primary N) is 1. The van der Waals surface area contributed by atoms with Gasteiger partial charge in [0.1, 0.15) is 11.5 Å². The molecule has 1 rings (SSSR count). The van der Waals surface area contributed by atoms with Gasteiger partial charge in [-0.3, -0.25) is 0 Å². The van der Waals surface area contributed by atoms with E-state index < -0.39 is 0 Å². The van der Waals surface area contributed by atoms with Crippen molar-refractivity contribution in [3.63, 3.8) is 0 Å². The molecule has 1 atom stereocenters. The minimum Gasteiger partial charge on any atom is -0.463 e. The fourth-order valence-electron chi connectivity index (χ4n) is 1.35. The zero-order valence-electron chi connectivity index (χ0n) is 10.8. The van der Waals surface area contributed by atoms with Crippen LogP contribution in [0.5, 0.6) is 0 Å². The van der Waals surface area contributed by atoms with E-state index in [1.807, 2.05) is 12.1 Å². The first-order chi connectivity index (χ1) is 7.43. The molecule has 16 heavy (non-hydrogen) atoms. The first kappa shape index (κ1) is 13.3. The number of furan rings is 1. The molecule has 0 aliphatic carbocycles. The molecule has 1 aromatic rings. The molecule has 3 N–H and O–H groups in total. The van der Waals surface area contributed by atoms with Gasteiger partial charge < -0.3 is 15.5 Å². The van der Waals surface area contributed by atoms with Crippen molar-refractivity contribution < 1.29 is 4.42 Å². The summed E-state index contributed by atoms with van der Waals surface area (Å²) in [5.74, 6) is 2.44. The van der Waals surface area contributed by atoms with E-state index in [1.165, 1.54) is 0 Å². The van der Waals surface area contributed by atoms with E-state index in [1.54, 1.807) is 0 Å².